The van der Waals surface area contributed by atoms with E-state index in [2.05, 4.69) is 0 Å². The average Bonchev–Trinajstić information content (AvgIpc) is 2.05. The highest BCUT2D eigenvalue weighted by atomic mass is 16.3. The lowest BCUT2D eigenvalue weighted by molar-refractivity contribution is -0.132. The zero-order valence-electron chi connectivity index (χ0n) is 7.79. The van der Waals surface area contributed by atoms with Gasteiger partial charge in [-0.1, -0.05) is 0 Å². The topological polar surface area (TPSA) is 66.6 Å². The molecule has 4 heteroatoms. The molecule has 0 aromatic heterocycles. The Hall–Kier alpha value is -0.610. The van der Waals surface area contributed by atoms with Gasteiger partial charge < -0.3 is 15.7 Å². The second kappa shape index (κ2) is 5.97. The van der Waals surface area contributed by atoms with Crippen molar-refractivity contribution >= 4 is 5.91 Å². The van der Waals surface area contributed by atoms with Gasteiger partial charge in [-0.2, -0.15) is 0 Å². The Balaban J connectivity index is 3.88. The van der Waals surface area contributed by atoms with Gasteiger partial charge in [0.1, 0.15) is 0 Å². The Labute approximate surface area is 73.3 Å². The Bertz CT molecular complexity index is 137. The predicted octanol–water partition coefficient (Wildman–Crippen LogP) is -0.435. The van der Waals surface area contributed by atoms with Crippen molar-refractivity contribution in [1.29, 1.82) is 0 Å². The summed E-state index contributed by atoms with van der Waals surface area (Å²) in [6, 6.07) is -0.441. The smallest absolute Gasteiger partial charge is 0.239 e. The fraction of sp³-hybridized carbons (Fsp3) is 0.875. The summed E-state index contributed by atoms with van der Waals surface area (Å²) in [5.74, 6) is -0.0500. The number of carbonyl (C=O) groups excluding carboxylic acids is 1. The fourth-order valence-electron chi connectivity index (χ4n) is 0.974. The van der Waals surface area contributed by atoms with Crippen LogP contribution in [0.15, 0.2) is 0 Å². The SMILES string of the molecule is CCN(CCCO)C(=O)[C@@H](C)N. The van der Waals surface area contributed by atoms with Gasteiger partial charge in [-0.15, -0.1) is 0 Å². The van der Waals surface area contributed by atoms with Crippen LogP contribution in [0.3, 0.4) is 0 Å². The van der Waals surface area contributed by atoms with Gasteiger partial charge in [0.2, 0.25) is 5.91 Å². The highest BCUT2D eigenvalue weighted by molar-refractivity contribution is 5.81. The maximum atomic E-state index is 11.3. The van der Waals surface area contributed by atoms with Crippen molar-refractivity contribution in [2.24, 2.45) is 5.73 Å². The van der Waals surface area contributed by atoms with E-state index in [1.165, 1.54) is 0 Å². The van der Waals surface area contributed by atoms with E-state index in [1.807, 2.05) is 6.92 Å². The van der Waals surface area contributed by atoms with E-state index >= 15 is 0 Å². The second-order valence-corrected chi connectivity index (χ2v) is 2.78. The number of hydrogen-bond donors (Lipinski definition) is 2. The molecule has 12 heavy (non-hydrogen) atoms. The van der Waals surface area contributed by atoms with Crippen molar-refractivity contribution in [2.75, 3.05) is 19.7 Å². The Kier molecular flexibility index (Phi) is 5.66. The van der Waals surface area contributed by atoms with Crippen molar-refractivity contribution in [3.63, 3.8) is 0 Å². The van der Waals surface area contributed by atoms with E-state index in [1.54, 1.807) is 11.8 Å². The van der Waals surface area contributed by atoms with Gasteiger partial charge in [-0.3, -0.25) is 4.79 Å². The van der Waals surface area contributed by atoms with Crippen LogP contribution < -0.4 is 5.73 Å². The molecule has 0 aromatic carbocycles. The summed E-state index contributed by atoms with van der Waals surface area (Å²) in [7, 11) is 0. The molecule has 0 saturated carbocycles. The highest BCUT2D eigenvalue weighted by Crippen LogP contribution is 1.94. The molecule has 0 bridgehead atoms. The third kappa shape index (κ3) is 3.69. The predicted molar refractivity (Wildman–Crippen MR) is 47.6 cm³/mol. The van der Waals surface area contributed by atoms with E-state index < -0.39 is 6.04 Å². The van der Waals surface area contributed by atoms with Crippen LogP contribution in [-0.4, -0.2) is 41.7 Å². The fourth-order valence-corrected chi connectivity index (χ4v) is 0.974. The molecule has 0 aromatic rings. The van der Waals surface area contributed by atoms with Crippen LogP contribution in [0.2, 0.25) is 0 Å². The van der Waals surface area contributed by atoms with E-state index in [4.69, 9.17) is 10.8 Å². The molecule has 0 spiro atoms. The van der Waals surface area contributed by atoms with Crippen molar-refractivity contribution in [1.82, 2.24) is 4.90 Å². The zero-order chi connectivity index (χ0) is 9.56. The maximum absolute atomic E-state index is 11.3. The summed E-state index contributed by atoms with van der Waals surface area (Å²) in [6.45, 7) is 4.93. The Morgan fingerprint density at radius 1 is 1.67 bits per heavy atom. The van der Waals surface area contributed by atoms with E-state index in [9.17, 15) is 4.79 Å². The van der Waals surface area contributed by atoms with Crippen LogP contribution in [0, 0.1) is 0 Å². The maximum Gasteiger partial charge on any atom is 0.239 e. The molecule has 0 aliphatic carbocycles. The number of rotatable bonds is 5. The lowest BCUT2D eigenvalue weighted by atomic mass is 10.3. The van der Waals surface area contributed by atoms with Crippen molar-refractivity contribution < 1.29 is 9.90 Å². The minimum atomic E-state index is -0.441. The first-order chi connectivity index (χ1) is 5.63. The first kappa shape index (κ1) is 11.4. The largest absolute Gasteiger partial charge is 0.396 e. The molecule has 1 atom stereocenters. The summed E-state index contributed by atoms with van der Waals surface area (Å²) in [4.78, 5) is 13.0. The Morgan fingerprint density at radius 2 is 2.25 bits per heavy atom. The second-order valence-electron chi connectivity index (χ2n) is 2.78. The minimum Gasteiger partial charge on any atom is -0.396 e. The summed E-state index contributed by atoms with van der Waals surface area (Å²) in [5.41, 5.74) is 5.43. The number of aliphatic hydroxyl groups excluding tert-OH is 1. The number of aliphatic hydroxyl groups is 1. The van der Waals surface area contributed by atoms with Crippen LogP contribution >= 0.6 is 0 Å². The summed E-state index contributed by atoms with van der Waals surface area (Å²) in [6.07, 6.45) is 0.617. The van der Waals surface area contributed by atoms with E-state index in [-0.39, 0.29) is 12.5 Å². The van der Waals surface area contributed by atoms with Gasteiger partial charge in [-0.25, -0.2) is 0 Å². The molecule has 72 valence electrons. The molecule has 4 nitrogen and oxygen atoms in total. The number of carbonyl (C=O) groups is 1. The van der Waals surface area contributed by atoms with Gasteiger partial charge in [-0.05, 0) is 20.3 Å². The first-order valence-corrected chi connectivity index (χ1v) is 4.28. The molecule has 0 aliphatic heterocycles. The summed E-state index contributed by atoms with van der Waals surface area (Å²) < 4.78 is 0. The number of amides is 1. The lowest BCUT2D eigenvalue weighted by Crippen LogP contribution is -2.42. The van der Waals surface area contributed by atoms with Gasteiger partial charge >= 0.3 is 0 Å². The Morgan fingerprint density at radius 3 is 2.58 bits per heavy atom. The highest BCUT2D eigenvalue weighted by Gasteiger charge is 2.14. The number of hydrogen-bond acceptors (Lipinski definition) is 3. The van der Waals surface area contributed by atoms with Crippen molar-refractivity contribution in [2.45, 2.75) is 26.3 Å². The lowest BCUT2D eigenvalue weighted by Gasteiger charge is -2.22. The van der Waals surface area contributed by atoms with Crippen molar-refractivity contribution in [3.05, 3.63) is 0 Å². The van der Waals surface area contributed by atoms with Crippen LogP contribution in [0.25, 0.3) is 0 Å². The summed E-state index contributed by atoms with van der Waals surface area (Å²) >= 11 is 0. The van der Waals surface area contributed by atoms with Crippen LogP contribution in [-0.2, 0) is 4.79 Å². The third-order valence-electron chi connectivity index (χ3n) is 1.67. The number of nitrogens with zero attached hydrogens (tertiary/aromatic N) is 1. The van der Waals surface area contributed by atoms with Crippen LogP contribution in [0.1, 0.15) is 20.3 Å². The van der Waals surface area contributed by atoms with Crippen LogP contribution in [0.5, 0.6) is 0 Å². The monoisotopic (exact) mass is 174 g/mol. The summed E-state index contributed by atoms with van der Waals surface area (Å²) in [5, 5.41) is 8.56. The zero-order valence-corrected chi connectivity index (χ0v) is 7.79. The molecule has 0 heterocycles. The molecular weight excluding hydrogens is 156 g/mol. The molecule has 0 rings (SSSR count). The van der Waals surface area contributed by atoms with Gasteiger partial charge in [0.05, 0.1) is 6.04 Å². The molecule has 0 saturated heterocycles. The average molecular weight is 174 g/mol. The van der Waals surface area contributed by atoms with E-state index in [0.717, 1.165) is 0 Å². The molecule has 0 aliphatic rings. The molecule has 3 N–H and O–H groups in total. The van der Waals surface area contributed by atoms with Crippen LogP contribution in [0.4, 0.5) is 0 Å². The van der Waals surface area contributed by atoms with Crippen molar-refractivity contribution in [3.8, 4) is 0 Å². The molecule has 0 fully saturated rings. The first-order valence-electron chi connectivity index (χ1n) is 4.28. The standard InChI is InChI=1S/C8H18N2O2/c1-3-10(5-4-6-11)8(12)7(2)9/h7,11H,3-6,9H2,1-2H3/t7-/m1/s1. The number of nitrogens with two attached hydrogens (primary N) is 1. The molecule has 1 amide bonds. The molecular formula is C8H18N2O2. The molecule has 0 radical (unpaired) electrons. The molecule has 0 unspecified atom stereocenters. The van der Waals surface area contributed by atoms with Gasteiger partial charge in [0, 0.05) is 19.7 Å². The van der Waals surface area contributed by atoms with Gasteiger partial charge in [0.25, 0.3) is 0 Å². The van der Waals surface area contributed by atoms with Gasteiger partial charge in [0.15, 0.2) is 0 Å². The minimum absolute atomic E-state index is 0.0500. The van der Waals surface area contributed by atoms with E-state index in [0.29, 0.717) is 19.5 Å². The number of likely N-dealkylation sites (N-methyl/N-ethyl adjacent to an activating group) is 1. The quantitative estimate of drug-likeness (QED) is 0.594. The normalized spacial score (nSPS) is 12.7. The third-order valence-corrected chi connectivity index (χ3v) is 1.67.